The van der Waals surface area contributed by atoms with Crippen LogP contribution in [0, 0.1) is 0 Å². The lowest BCUT2D eigenvalue weighted by Gasteiger charge is -2.31. The zero-order valence-corrected chi connectivity index (χ0v) is 14.0. The van der Waals surface area contributed by atoms with Gasteiger partial charge in [0, 0.05) is 22.2 Å². The van der Waals surface area contributed by atoms with Crippen LogP contribution in [0.3, 0.4) is 0 Å². The predicted octanol–water partition coefficient (Wildman–Crippen LogP) is 3.22. The van der Waals surface area contributed by atoms with E-state index in [-0.39, 0.29) is 17.7 Å². The van der Waals surface area contributed by atoms with Crippen molar-refractivity contribution < 1.29 is 15.0 Å². The molecule has 0 spiro atoms. The molecule has 0 bridgehead atoms. The number of halogens is 1. The minimum Gasteiger partial charge on any atom is -0.507 e. The van der Waals surface area contributed by atoms with Crippen molar-refractivity contribution in [2.75, 3.05) is 0 Å². The minimum atomic E-state index is -1.56. The van der Waals surface area contributed by atoms with E-state index < -0.39 is 11.6 Å². The molecule has 0 radical (unpaired) electrons. The molecule has 3 rings (SSSR count). The van der Waals surface area contributed by atoms with Crippen LogP contribution >= 0.6 is 15.9 Å². The lowest BCUT2D eigenvalue weighted by molar-refractivity contribution is -0.0766. The van der Waals surface area contributed by atoms with Crippen LogP contribution < -0.4 is 0 Å². The maximum Gasteiger partial charge on any atom is 0.280 e. The number of carbonyl (C=O) groups is 1. The van der Waals surface area contributed by atoms with E-state index in [1.54, 1.807) is 37.3 Å². The molecular formula is C17H15BrN2O3. The van der Waals surface area contributed by atoms with Crippen LogP contribution in [0.2, 0.25) is 0 Å². The number of carbonyl (C=O) groups excluding carboxylic acids is 1. The van der Waals surface area contributed by atoms with Gasteiger partial charge in [0.15, 0.2) is 5.72 Å². The van der Waals surface area contributed by atoms with Crippen LogP contribution in [0.5, 0.6) is 5.75 Å². The standard InChI is InChI=1S/C17H15BrN2O3/c1-11-10-17(23,12-5-3-2-4-6-12)20(19-11)16(22)14-9-13(18)7-8-15(14)21/h2-9,21,23H,10H2,1H3/t17-/m1/s1. The van der Waals surface area contributed by atoms with Gasteiger partial charge in [-0.1, -0.05) is 46.3 Å². The number of hydrazone groups is 1. The Morgan fingerprint density at radius 1 is 1.26 bits per heavy atom. The number of nitrogens with zero attached hydrogens (tertiary/aromatic N) is 2. The number of phenols is 1. The number of aromatic hydroxyl groups is 1. The fourth-order valence-corrected chi connectivity index (χ4v) is 3.02. The monoisotopic (exact) mass is 374 g/mol. The van der Waals surface area contributed by atoms with Crippen molar-refractivity contribution in [3.8, 4) is 5.75 Å². The molecule has 2 aromatic carbocycles. The van der Waals surface area contributed by atoms with E-state index in [1.807, 2.05) is 6.07 Å². The average Bonchev–Trinajstić information content (AvgIpc) is 2.86. The average molecular weight is 375 g/mol. The summed E-state index contributed by atoms with van der Waals surface area (Å²) >= 11 is 3.28. The van der Waals surface area contributed by atoms with Crippen molar-refractivity contribution >= 4 is 27.5 Å². The molecule has 1 heterocycles. The Bertz CT molecular complexity index is 792. The highest BCUT2D eigenvalue weighted by atomic mass is 79.9. The second-order valence-electron chi connectivity index (χ2n) is 5.47. The second kappa shape index (κ2) is 5.79. The number of hydrogen-bond acceptors (Lipinski definition) is 4. The number of amides is 1. The van der Waals surface area contributed by atoms with Crippen molar-refractivity contribution in [1.29, 1.82) is 0 Å². The zero-order valence-electron chi connectivity index (χ0n) is 12.4. The Hall–Kier alpha value is -2.18. The van der Waals surface area contributed by atoms with Crippen LogP contribution in [-0.2, 0) is 5.72 Å². The summed E-state index contributed by atoms with van der Waals surface area (Å²) < 4.78 is 0.654. The van der Waals surface area contributed by atoms with Crippen LogP contribution in [0.25, 0.3) is 0 Å². The first kappa shape index (κ1) is 15.7. The van der Waals surface area contributed by atoms with Crippen LogP contribution in [-0.4, -0.2) is 26.8 Å². The lowest BCUT2D eigenvalue weighted by atomic mass is 9.97. The minimum absolute atomic E-state index is 0.0761. The SMILES string of the molecule is CC1=NN(C(=O)c2cc(Br)ccc2O)[C@](O)(c2ccccc2)C1. The van der Waals surface area contributed by atoms with Gasteiger partial charge in [-0.25, -0.2) is 0 Å². The van der Waals surface area contributed by atoms with Gasteiger partial charge in [-0.2, -0.15) is 10.1 Å². The maximum atomic E-state index is 12.8. The van der Waals surface area contributed by atoms with Gasteiger partial charge in [0.2, 0.25) is 0 Å². The number of phenolic OH excluding ortho intramolecular Hbond substituents is 1. The molecular weight excluding hydrogens is 360 g/mol. The Kier molecular flexibility index (Phi) is 3.95. The number of aliphatic hydroxyl groups is 1. The van der Waals surface area contributed by atoms with Gasteiger partial charge >= 0.3 is 0 Å². The molecule has 0 aliphatic carbocycles. The third-order valence-corrected chi connectivity index (χ3v) is 4.23. The van der Waals surface area contributed by atoms with E-state index >= 15 is 0 Å². The fourth-order valence-electron chi connectivity index (χ4n) is 2.66. The predicted molar refractivity (Wildman–Crippen MR) is 90.0 cm³/mol. The summed E-state index contributed by atoms with van der Waals surface area (Å²) in [7, 11) is 0. The first-order chi connectivity index (χ1) is 10.9. The van der Waals surface area contributed by atoms with E-state index in [9.17, 15) is 15.0 Å². The van der Waals surface area contributed by atoms with Crippen molar-refractivity contribution in [2.24, 2.45) is 5.10 Å². The van der Waals surface area contributed by atoms with E-state index in [0.717, 1.165) is 5.01 Å². The normalized spacial score (nSPS) is 20.5. The van der Waals surface area contributed by atoms with E-state index in [0.29, 0.717) is 15.7 Å². The summed E-state index contributed by atoms with van der Waals surface area (Å²) in [6.45, 7) is 1.75. The number of rotatable bonds is 2. The molecule has 0 saturated heterocycles. The number of benzene rings is 2. The summed E-state index contributed by atoms with van der Waals surface area (Å²) in [5.41, 5.74) is -0.271. The van der Waals surface area contributed by atoms with E-state index in [4.69, 9.17) is 0 Å². The highest BCUT2D eigenvalue weighted by Crippen LogP contribution is 2.37. The highest BCUT2D eigenvalue weighted by molar-refractivity contribution is 9.10. The summed E-state index contributed by atoms with van der Waals surface area (Å²) in [5.74, 6) is -0.722. The molecule has 0 aromatic heterocycles. The smallest absolute Gasteiger partial charge is 0.280 e. The van der Waals surface area contributed by atoms with Gasteiger partial charge in [0.1, 0.15) is 5.75 Å². The Labute approximate surface area is 142 Å². The maximum absolute atomic E-state index is 12.8. The van der Waals surface area contributed by atoms with Gasteiger partial charge in [0.25, 0.3) is 5.91 Å². The molecule has 1 aliphatic heterocycles. The third-order valence-electron chi connectivity index (χ3n) is 3.74. The molecule has 2 aromatic rings. The van der Waals surface area contributed by atoms with Crippen LogP contribution in [0.15, 0.2) is 58.1 Å². The zero-order chi connectivity index (χ0) is 16.6. The lowest BCUT2D eigenvalue weighted by Crippen LogP contribution is -2.43. The summed E-state index contributed by atoms with van der Waals surface area (Å²) in [6, 6.07) is 13.5. The van der Waals surface area contributed by atoms with Gasteiger partial charge in [-0.15, -0.1) is 0 Å². The van der Waals surface area contributed by atoms with E-state index in [1.165, 1.54) is 12.1 Å². The molecule has 6 heteroatoms. The number of hydrogen-bond donors (Lipinski definition) is 2. The summed E-state index contributed by atoms with van der Waals surface area (Å²) in [4.78, 5) is 12.8. The summed E-state index contributed by atoms with van der Waals surface area (Å²) in [6.07, 6.45) is 0.220. The van der Waals surface area contributed by atoms with Crippen LogP contribution in [0.4, 0.5) is 0 Å². The Morgan fingerprint density at radius 3 is 2.65 bits per heavy atom. The molecule has 1 atom stereocenters. The van der Waals surface area contributed by atoms with Crippen LogP contribution in [0.1, 0.15) is 29.3 Å². The van der Waals surface area contributed by atoms with Gasteiger partial charge in [0.05, 0.1) is 5.56 Å². The van der Waals surface area contributed by atoms with Gasteiger partial charge < -0.3 is 10.2 Å². The molecule has 118 valence electrons. The molecule has 1 amide bonds. The quantitative estimate of drug-likeness (QED) is 0.847. The molecule has 0 unspecified atom stereocenters. The van der Waals surface area contributed by atoms with E-state index in [2.05, 4.69) is 21.0 Å². The largest absolute Gasteiger partial charge is 0.507 e. The van der Waals surface area contributed by atoms with Gasteiger partial charge in [-0.3, -0.25) is 4.79 Å². The molecule has 2 N–H and O–H groups in total. The summed E-state index contributed by atoms with van der Waals surface area (Å²) in [5, 5.41) is 26.3. The van der Waals surface area contributed by atoms with Crippen molar-refractivity contribution in [2.45, 2.75) is 19.1 Å². The van der Waals surface area contributed by atoms with Gasteiger partial charge in [-0.05, 0) is 25.1 Å². The molecule has 0 saturated carbocycles. The first-order valence-electron chi connectivity index (χ1n) is 7.07. The molecule has 0 fully saturated rings. The van der Waals surface area contributed by atoms with Crippen molar-refractivity contribution in [3.05, 3.63) is 64.1 Å². The molecule has 23 heavy (non-hydrogen) atoms. The fraction of sp³-hybridized carbons (Fsp3) is 0.176. The molecule has 1 aliphatic rings. The Balaban J connectivity index is 2.06. The van der Waals surface area contributed by atoms with Crippen molar-refractivity contribution in [1.82, 2.24) is 5.01 Å². The third kappa shape index (κ3) is 2.75. The Morgan fingerprint density at radius 2 is 1.96 bits per heavy atom. The molecule has 5 nitrogen and oxygen atoms in total. The first-order valence-corrected chi connectivity index (χ1v) is 7.86. The highest BCUT2D eigenvalue weighted by Gasteiger charge is 2.45. The van der Waals surface area contributed by atoms with Crippen molar-refractivity contribution in [3.63, 3.8) is 0 Å². The second-order valence-corrected chi connectivity index (χ2v) is 6.39. The topological polar surface area (TPSA) is 73.1 Å².